The van der Waals surface area contributed by atoms with Crippen LogP contribution in [0.3, 0.4) is 0 Å². The molecule has 2 aromatic heterocycles. The Labute approximate surface area is 165 Å². The standard InChI is InChI=1S/C21H17N3O3S/c1-12-18(15-5-3-4-6-16(15)22-12)17-11-28-21(23-17)24-19(25)13-7-9-14(10-8-13)20(26)27-2/h3-11,22H,1-2H3,(H,23,24,25). The Hall–Kier alpha value is -3.45. The lowest BCUT2D eigenvalue weighted by molar-refractivity contribution is 0.0600. The summed E-state index contributed by atoms with van der Waals surface area (Å²) in [5, 5.41) is 6.36. The van der Waals surface area contributed by atoms with Gasteiger partial charge in [0.15, 0.2) is 5.13 Å². The number of ether oxygens (including phenoxy) is 1. The summed E-state index contributed by atoms with van der Waals surface area (Å²) in [6, 6.07) is 14.3. The zero-order valence-electron chi connectivity index (χ0n) is 15.3. The van der Waals surface area contributed by atoms with Crippen molar-refractivity contribution in [3.63, 3.8) is 0 Å². The van der Waals surface area contributed by atoms with Crippen LogP contribution in [0.25, 0.3) is 22.2 Å². The molecule has 2 heterocycles. The number of anilines is 1. The number of nitrogens with zero attached hydrogens (tertiary/aromatic N) is 1. The van der Waals surface area contributed by atoms with Crippen LogP contribution in [-0.2, 0) is 4.74 Å². The van der Waals surface area contributed by atoms with Crippen LogP contribution < -0.4 is 5.32 Å². The van der Waals surface area contributed by atoms with Crippen molar-refractivity contribution in [2.75, 3.05) is 12.4 Å². The lowest BCUT2D eigenvalue weighted by atomic mass is 10.1. The van der Waals surface area contributed by atoms with Gasteiger partial charge in [-0.2, -0.15) is 0 Å². The number of hydrogen-bond acceptors (Lipinski definition) is 5. The Morgan fingerprint density at radius 2 is 1.79 bits per heavy atom. The van der Waals surface area contributed by atoms with E-state index in [0.29, 0.717) is 16.3 Å². The van der Waals surface area contributed by atoms with Gasteiger partial charge in [-0.3, -0.25) is 10.1 Å². The van der Waals surface area contributed by atoms with Crippen molar-refractivity contribution in [1.82, 2.24) is 9.97 Å². The first-order chi connectivity index (χ1) is 13.6. The van der Waals surface area contributed by atoms with Gasteiger partial charge in [0, 0.05) is 33.1 Å². The quantitative estimate of drug-likeness (QED) is 0.497. The highest BCUT2D eigenvalue weighted by Crippen LogP contribution is 2.33. The summed E-state index contributed by atoms with van der Waals surface area (Å²) >= 11 is 1.37. The summed E-state index contributed by atoms with van der Waals surface area (Å²) in [6.45, 7) is 2.01. The van der Waals surface area contributed by atoms with E-state index in [0.717, 1.165) is 27.9 Å². The van der Waals surface area contributed by atoms with Crippen LogP contribution in [0.1, 0.15) is 26.4 Å². The maximum atomic E-state index is 12.5. The molecule has 0 atom stereocenters. The van der Waals surface area contributed by atoms with E-state index >= 15 is 0 Å². The van der Waals surface area contributed by atoms with Crippen LogP contribution in [0.15, 0.2) is 53.9 Å². The van der Waals surface area contributed by atoms with Gasteiger partial charge in [-0.05, 0) is 37.3 Å². The van der Waals surface area contributed by atoms with Crippen molar-refractivity contribution in [2.24, 2.45) is 0 Å². The molecule has 0 saturated heterocycles. The number of rotatable bonds is 4. The largest absolute Gasteiger partial charge is 0.465 e. The number of carbonyl (C=O) groups is 2. The first-order valence-electron chi connectivity index (χ1n) is 8.60. The SMILES string of the molecule is COC(=O)c1ccc(C(=O)Nc2nc(-c3c(C)[nH]c4ccccc34)cs2)cc1. The minimum Gasteiger partial charge on any atom is -0.465 e. The van der Waals surface area contributed by atoms with Crippen molar-refractivity contribution in [3.8, 4) is 11.3 Å². The minimum absolute atomic E-state index is 0.284. The van der Waals surface area contributed by atoms with Gasteiger partial charge in [-0.1, -0.05) is 18.2 Å². The third-order valence-corrected chi connectivity index (χ3v) is 5.20. The molecule has 1 amide bonds. The number of nitrogens with one attached hydrogen (secondary N) is 2. The van der Waals surface area contributed by atoms with Crippen molar-refractivity contribution in [3.05, 3.63) is 70.7 Å². The number of H-pyrrole nitrogens is 1. The average molecular weight is 391 g/mol. The number of thiazole rings is 1. The maximum Gasteiger partial charge on any atom is 0.337 e. The Bertz CT molecular complexity index is 1180. The monoisotopic (exact) mass is 391 g/mol. The fourth-order valence-corrected chi connectivity index (χ4v) is 3.79. The maximum absolute atomic E-state index is 12.5. The van der Waals surface area contributed by atoms with Crippen LogP contribution in [0.5, 0.6) is 0 Å². The van der Waals surface area contributed by atoms with Gasteiger partial charge in [0.1, 0.15) is 0 Å². The topological polar surface area (TPSA) is 84.1 Å². The zero-order valence-corrected chi connectivity index (χ0v) is 16.1. The van der Waals surface area contributed by atoms with Crippen molar-refractivity contribution in [1.29, 1.82) is 0 Å². The van der Waals surface area contributed by atoms with Crippen molar-refractivity contribution < 1.29 is 14.3 Å². The minimum atomic E-state index is -0.439. The average Bonchev–Trinajstić information content (AvgIpc) is 3.30. The predicted octanol–water partition coefficient (Wildman–Crippen LogP) is 4.64. The molecular formula is C21H17N3O3S. The number of methoxy groups -OCH3 is 1. The molecule has 7 heteroatoms. The second-order valence-corrected chi connectivity index (χ2v) is 7.09. The molecular weight excluding hydrogens is 374 g/mol. The van der Waals surface area contributed by atoms with E-state index in [1.807, 2.05) is 30.5 Å². The molecule has 0 radical (unpaired) electrons. The summed E-state index contributed by atoms with van der Waals surface area (Å²) in [6.07, 6.45) is 0. The summed E-state index contributed by atoms with van der Waals surface area (Å²) in [5.74, 6) is -0.724. The zero-order chi connectivity index (χ0) is 19.7. The van der Waals surface area contributed by atoms with E-state index in [9.17, 15) is 9.59 Å². The number of benzene rings is 2. The van der Waals surface area contributed by atoms with Gasteiger partial charge in [0.2, 0.25) is 0 Å². The summed E-state index contributed by atoms with van der Waals surface area (Å²) in [7, 11) is 1.32. The molecule has 0 fully saturated rings. The van der Waals surface area contributed by atoms with Crippen molar-refractivity contribution >= 4 is 39.2 Å². The molecule has 2 aromatic carbocycles. The number of aryl methyl sites for hydroxylation is 1. The van der Waals surface area contributed by atoms with E-state index < -0.39 is 5.97 Å². The second-order valence-electron chi connectivity index (χ2n) is 6.23. The molecule has 4 aromatic rings. The second kappa shape index (κ2) is 7.28. The van der Waals surface area contributed by atoms with Crippen LogP contribution >= 0.6 is 11.3 Å². The number of aromatic amines is 1. The first kappa shape index (κ1) is 17.9. The van der Waals surface area contributed by atoms with E-state index in [4.69, 9.17) is 0 Å². The Kier molecular flexibility index (Phi) is 4.67. The molecule has 0 bridgehead atoms. The van der Waals surface area contributed by atoms with E-state index in [-0.39, 0.29) is 5.91 Å². The summed E-state index contributed by atoms with van der Waals surface area (Å²) in [4.78, 5) is 31.9. The highest BCUT2D eigenvalue weighted by atomic mass is 32.1. The van der Waals surface area contributed by atoms with Gasteiger partial charge in [-0.15, -0.1) is 11.3 Å². The summed E-state index contributed by atoms with van der Waals surface area (Å²) < 4.78 is 4.66. The highest BCUT2D eigenvalue weighted by Gasteiger charge is 2.15. The molecule has 0 aliphatic heterocycles. The molecule has 4 rings (SSSR count). The fraction of sp³-hybridized carbons (Fsp3) is 0.0952. The van der Waals surface area contributed by atoms with E-state index in [2.05, 4.69) is 26.1 Å². The third kappa shape index (κ3) is 3.27. The van der Waals surface area contributed by atoms with Crippen LogP contribution in [0.4, 0.5) is 5.13 Å². The Balaban J connectivity index is 1.55. The fourth-order valence-electron chi connectivity index (χ4n) is 3.10. The molecule has 0 unspecified atom stereocenters. The molecule has 2 N–H and O–H groups in total. The number of aromatic nitrogens is 2. The van der Waals surface area contributed by atoms with Gasteiger partial charge < -0.3 is 9.72 Å². The van der Waals surface area contributed by atoms with E-state index in [1.54, 1.807) is 24.3 Å². The lowest BCUT2D eigenvalue weighted by Crippen LogP contribution is -2.12. The molecule has 0 aliphatic rings. The van der Waals surface area contributed by atoms with Gasteiger partial charge in [-0.25, -0.2) is 9.78 Å². The molecule has 0 aliphatic carbocycles. The van der Waals surface area contributed by atoms with Crippen LogP contribution in [0, 0.1) is 6.92 Å². The van der Waals surface area contributed by atoms with Gasteiger partial charge >= 0.3 is 5.97 Å². The smallest absolute Gasteiger partial charge is 0.337 e. The van der Waals surface area contributed by atoms with Crippen LogP contribution in [0.2, 0.25) is 0 Å². The number of carbonyl (C=O) groups excluding carboxylic acids is 2. The molecule has 28 heavy (non-hydrogen) atoms. The predicted molar refractivity (Wildman–Crippen MR) is 110 cm³/mol. The Morgan fingerprint density at radius 1 is 1.07 bits per heavy atom. The number of hydrogen-bond donors (Lipinski definition) is 2. The first-order valence-corrected chi connectivity index (χ1v) is 9.47. The van der Waals surface area contributed by atoms with Gasteiger partial charge in [0.05, 0.1) is 18.4 Å². The highest BCUT2D eigenvalue weighted by molar-refractivity contribution is 7.14. The lowest BCUT2D eigenvalue weighted by Gasteiger charge is -2.03. The molecule has 0 saturated carbocycles. The Morgan fingerprint density at radius 3 is 2.54 bits per heavy atom. The molecule has 6 nitrogen and oxygen atoms in total. The normalized spacial score (nSPS) is 10.8. The number of fused-ring (bicyclic) bond motifs is 1. The van der Waals surface area contributed by atoms with Crippen LogP contribution in [-0.4, -0.2) is 29.0 Å². The number of esters is 1. The summed E-state index contributed by atoms with van der Waals surface area (Å²) in [5.41, 5.74) is 4.77. The number of amides is 1. The number of para-hydroxylation sites is 1. The van der Waals surface area contributed by atoms with E-state index in [1.165, 1.54) is 18.4 Å². The molecule has 140 valence electrons. The third-order valence-electron chi connectivity index (χ3n) is 4.44. The molecule has 0 spiro atoms. The van der Waals surface area contributed by atoms with Gasteiger partial charge in [0.25, 0.3) is 5.91 Å². The van der Waals surface area contributed by atoms with Crippen molar-refractivity contribution in [2.45, 2.75) is 6.92 Å².